The number of hydrogen-bond acceptors (Lipinski definition) is 5. The van der Waals surface area contributed by atoms with E-state index >= 15 is 0 Å². The maximum atomic E-state index is 12.2. The molecule has 0 saturated carbocycles. The molecule has 120 valence electrons. The number of carbonyl (C=O) groups excluding carboxylic acids is 1. The number of carbonyl (C=O) groups is 1. The molecule has 0 heterocycles. The minimum absolute atomic E-state index is 0. The first-order valence-electron chi connectivity index (χ1n) is 6.40. The highest BCUT2D eigenvalue weighted by atomic mass is 35.5. The van der Waals surface area contributed by atoms with Crippen molar-refractivity contribution in [3.8, 4) is 0 Å². The molecule has 0 aliphatic rings. The van der Waals surface area contributed by atoms with Gasteiger partial charge in [0.15, 0.2) is 0 Å². The number of rotatable bonds is 7. The normalized spacial score (nSPS) is 10.8. The van der Waals surface area contributed by atoms with Crippen molar-refractivity contribution in [3.63, 3.8) is 0 Å². The first kappa shape index (κ1) is 19.9. The lowest BCUT2D eigenvalue weighted by Gasteiger charge is -2.10. The van der Waals surface area contributed by atoms with E-state index in [0.717, 1.165) is 0 Å². The summed E-state index contributed by atoms with van der Waals surface area (Å²) >= 11 is 0. The van der Waals surface area contributed by atoms with Crippen molar-refractivity contribution >= 4 is 28.4 Å². The maximum Gasteiger partial charge on any atom is 0.338 e. The van der Waals surface area contributed by atoms with Gasteiger partial charge in [0.25, 0.3) is 0 Å². The third-order valence-electron chi connectivity index (χ3n) is 2.66. The molecular formula is C13H21ClN2O4S. The fraction of sp³-hybridized carbons (Fsp3) is 0.462. The van der Waals surface area contributed by atoms with E-state index < -0.39 is 16.0 Å². The molecule has 3 N–H and O–H groups in total. The molecule has 0 aromatic heterocycles. The van der Waals surface area contributed by atoms with Crippen molar-refractivity contribution < 1.29 is 17.9 Å². The zero-order chi connectivity index (χ0) is 15.2. The van der Waals surface area contributed by atoms with Crippen molar-refractivity contribution in [1.82, 2.24) is 4.72 Å². The maximum absolute atomic E-state index is 12.2. The number of aryl methyl sites for hydroxylation is 1. The Balaban J connectivity index is 0.00000400. The fourth-order valence-corrected chi connectivity index (χ4v) is 2.96. The van der Waals surface area contributed by atoms with Gasteiger partial charge in [-0.3, -0.25) is 0 Å². The van der Waals surface area contributed by atoms with Gasteiger partial charge < -0.3 is 10.5 Å². The molecule has 1 rings (SSSR count). The Morgan fingerprint density at radius 1 is 1.38 bits per heavy atom. The van der Waals surface area contributed by atoms with Crippen LogP contribution in [0.15, 0.2) is 23.1 Å². The summed E-state index contributed by atoms with van der Waals surface area (Å²) in [6.45, 7) is 4.28. The van der Waals surface area contributed by atoms with E-state index in [1.54, 1.807) is 26.0 Å². The summed E-state index contributed by atoms with van der Waals surface area (Å²) in [6.07, 6.45) is 0.551. The lowest BCUT2D eigenvalue weighted by atomic mass is 10.1. The van der Waals surface area contributed by atoms with E-state index in [1.807, 2.05) is 0 Å². The van der Waals surface area contributed by atoms with Gasteiger partial charge in [0.1, 0.15) is 0 Å². The van der Waals surface area contributed by atoms with Crippen LogP contribution in [0.1, 0.15) is 29.3 Å². The fourth-order valence-electron chi connectivity index (χ4n) is 1.62. The summed E-state index contributed by atoms with van der Waals surface area (Å²) < 4.78 is 31.6. The monoisotopic (exact) mass is 336 g/mol. The van der Waals surface area contributed by atoms with Gasteiger partial charge in [-0.25, -0.2) is 17.9 Å². The van der Waals surface area contributed by atoms with Gasteiger partial charge in [-0.15, -0.1) is 12.4 Å². The summed E-state index contributed by atoms with van der Waals surface area (Å²) in [7, 11) is -3.65. The zero-order valence-corrected chi connectivity index (χ0v) is 13.7. The van der Waals surface area contributed by atoms with Crippen LogP contribution < -0.4 is 10.5 Å². The highest BCUT2D eigenvalue weighted by Gasteiger charge is 2.18. The van der Waals surface area contributed by atoms with Crippen molar-refractivity contribution in [2.75, 3.05) is 19.7 Å². The van der Waals surface area contributed by atoms with Gasteiger partial charge in [-0.1, -0.05) is 6.07 Å². The number of nitrogens with one attached hydrogen (secondary N) is 1. The van der Waals surface area contributed by atoms with Crippen LogP contribution in [-0.4, -0.2) is 34.1 Å². The third-order valence-corrected chi connectivity index (χ3v) is 4.26. The Labute approximate surface area is 131 Å². The Kier molecular flexibility index (Phi) is 8.50. The van der Waals surface area contributed by atoms with Crippen LogP contribution in [0.5, 0.6) is 0 Å². The summed E-state index contributed by atoms with van der Waals surface area (Å²) in [5.41, 5.74) is 6.11. The number of benzene rings is 1. The summed E-state index contributed by atoms with van der Waals surface area (Å²) in [5, 5.41) is 0. The molecule has 0 amide bonds. The SMILES string of the molecule is CCOC(=O)c1ccc(C)c(S(=O)(=O)NCCCN)c1.Cl. The number of nitrogens with two attached hydrogens (primary N) is 1. The van der Waals surface area contributed by atoms with Crippen LogP contribution in [0.25, 0.3) is 0 Å². The van der Waals surface area contributed by atoms with Gasteiger partial charge in [0.05, 0.1) is 17.1 Å². The topological polar surface area (TPSA) is 98.5 Å². The smallest absolute Gasteiger partial charge is 0.338 e. The predicted octanol–water partition coefficient (Wildman–Crippen LogP) is 1.22. The van der Waals surface area contributed by atoms with Crippen molar-refractivity contribution in [3.05, 3.63) is 29.3 Å². The Morgan fingerprint density at radius 2 is 2.05 bits per heavy atom. The third kappa shape index (κ3) is 5.62. The Hall–Kier alpha value is -1.15. The summed E-state index contributed by atoms with van der Waals surface area (Å²) in [5.74, 6) is -0.536. The molecule has 8 heteroatoms. The Morgan fingerprint density at radius 3 is 2.62 bits per heavy atom. The van der Waals surface area contributed by atoms with Gasteiger partial charge in [-0.05, 0) is 44.5 Å². The molecule has 0 aliphatic heterocycles. The van der Waals surface area contributed by atoms with Crippen molar-refractivity contribution in [1.29, 1.82) is 0 Å². The second-order valence-corrected chi connectivity index (χ2v) is 5.98. The minimum atomic E-state index is -3.65. The van der Waals surface area contributed by atoms with Crippen LogP contribution in [0.2, 0.25) is 0 Å². The lowest BCUT2D eigenvalue weighted by molar-refractivity contribution is 0.0526. The first-order chi connectivity index (χ1) is 9.42. The van der Waals surface area contributed by atoms with Crippen LogP contribution >= 0.6 is 12.4 Å². The highest BCUT2D eigenvalue weighted by molar-refractivity contribution is 7.89. The van der Waals surface area contributed by atoms with E-state index in [-0.39, 0.29) is 36.0 Å². The number of esters is 1. The standard InChI is InChI=1S/C13H20N2O4S.ClH/c1-3-19-13(16)11-6-5-10(2)12(9-11)20(17,18)15-8-4-7-14;/h5-6,9,15H,3-4,7-8,14H2,1-2H3;1H. The predicted molar refractivity (Wildman–Crippen MR) is 83.2 cm³/mol. The molecule has 0 fully saturated rings. The van der Waals surface area contributed by atoms with Gasteiger partial charge in [-0.2, -0.15) is 0 Å². The second-order valence-electron chi connectivity index (χ2n) is 4.24. The van der Waals surface area contributed by atoms with E-state index in [1.165, 1.54) is 6.07 Å². The number of sulfonamides is 1. The van der Waals surface area contributed by atoms with Crippen LogP contribution in [0.3, 0.4) is 0 Å². The van der Waals surface area contributed by atoms with Crippen molar-refractivity contribution in [2.45, 2.75) is 25.2 Å². The van der Waals surface area contributed by atoms with E-state index in [2.05, 4.69) is 4.72 Å². The largest absolute Gasteiger partial charge is 0.462 e. The van der Waals surface area contributed by atoms with E-state index in [9.17, 15) is 13.2 Å². The molecule has 0 unspecified atom stereocenters. The molecule has 6 nitrogen and oxygen atoms in total. The minimum Gasteiger partial charge on any atom is -0.462 e. The van der Waals surface area contributed by atoms with Crippen LogP contribution in [-0.2, 0) is 14.8 Å². The van der Waals surface area contributed by atoms with Gasteiger partial charge in [0, 0.05) is 6.54 Å². The first-order valence-corrected chi connectivity index (χ1v) is 7.88. The molecule has 0 aliphatic carbocycles. The van der Waals surface area contributed by atoms with Crippen LogP contribution in [0, 0.1) is 6.92 Å². The van der Waals surface area contributed by atoms with Crippen molar-refractivity contribution in [2.24, 2.45) is 5.73 Å². The molecule has 0 radical (unpaired) electrons. The summed E-state index contributed by atoms with van der Waals surface area (Å²) in [4.78, 5) is 11.7. The molecule has 0 spiro atoms. The molecule has 1 aromatic rings. The molecule has 0 bridgehead atoms. The molecular weight excluding hydrogens is 316 g/mol. The quantitative estimate of drug-likeness (QED) is 0.576. The molecule has 1 aromatic carbocycles. The Bertz CT molecular complexity index is 576. The number of hydrogen-bond donors (Lipinski definition) is 2. The van der Waals surface area contributed by atoms with E-state index in [0.29, 0.717) is 18.5 Å². The highest BCUT2D eigenvalue weighted by Crippen LogP contribution is 2.17. The molecule has 21 heavy (non-hydrogen) atoms. The molecule has 0 saturated heterocycles. The second kappa shape index (κ2) is 8.99. The number of ether oxygens (including phenoxy) is 1. The molecule has 0 atom stereocenters. The van der Waals surface area contributed by atoms with E-state index in [4.69, 9.17) is 10.5 Å². The summed E-state index contributed by atoms with van der Waals surface area (Å²) in [6, 6.07) is 4.47. The van der Waals surface area contributed by atoms with Gasteiger partial charge in [0.2, 0.25) is 10.0 Å². The average Bonchev–Trinajstić information content (AvgIpc) is 2.39. The zero-order valence-electron chi connectivity index (χ0n) is 12.1. The average molecular weight is 337 g/mol. The van der Waals surface area contributed by atoms with Gasteiger partial charge >= 0.3 is 5.97 Å². The number of halogens is 1. The lowest BCUT2D eigenvalue weighted by Crippen LogP contribution is -2.27. The van der Waals surface area contributed by atoms with Crippen LogP contribution in [0.4, 0.5) is 0 Å².